The minimum absolute atomic E-state index is 0.108. The van der Waals surface area contributed by atoms with E-state index in [4.69, 9.17) is 14.2 Å². The van der Waals surface area contributed by atoms with E-state index >= 15 is 0 Å². The maximum atomic E-state index is 5.52. The molecule has 4 nitrogen and oxygen atoms in total. The summed E-state index contributed by atoms with van der Waals surface area (Å²) in [6, 6.07) is 0. The van der Waals surface area contributed by atoms with Crippen LogP contribution in [0.15, 0.2) is 0 Å². The van der Waals surface area contributed by atoms with Crippen molar-refractivity contribution in [3.8, 4) is 0 Å². The van der Waals surface area contributed by atoms with Gasteiger partial charge in [-0.3, -0.25) is 0 Å². The molecule has 1 rings (SSSR count). The molecule has 0 saturated carbocycles. The highest BCUT2D eigenvalue weighted by Gasteiger charge is 2.34. The van der Waals surface area contributed by atoms with Gasteiger partial charge < -0.3 is 19.5 Å². The average molecular weight is 231 g/mol. The first-order valence-corrected chi connectivity index (χ1v) is 6.24. The highest BCUT2D eigenvalue weighted by molar-refractivity contribution is 4.86. The molecule has 4 heteroatoms. The molecule has 1 aliphatic heterocycles. The van der Waals surface area contributed by atoms with E-state index in [2.05, 4.69) is 12.2 Å². The van der Waals surface area contributed by atoms with Crippen LogP contribution in [0.5, 0.6) is 0 Å². The largest absolute Gasteiger partial charge is 0.380 e. The maximum absolute atomic E-state index is 5.52. The fourth-order valence-electron chi connectivity index (χ4n) is 1.77. The summed E-state index contributed by atoms with van der Waals surface area (Å²) in [4.78, 5) is 0. The molecule has 0 amide bonds. The van der Waals surface area contributed by atoms with Crippen molar-refractivity contribution in [2.75, 3.05) is 46.6 Å². The third-order valence-electron chi connectivity index (χ3n) is 3.01. The first-order chi connectivity index (χ1) is 7.83. The van der Waals surface area contributed by atoms with Crippen LogP contribution in [0.4, 0.5) is 0 Å². The summed E-state index contributed by atoms with van der Waals surface area (Å²) in [6.07, 6.45) is 3.32. The zero-order chi connectivity index (χ0) is 11.7. The van der Waals surface area contributed by atoms with Crippen LogP contribution < -0.4 is 5.32 Å². The van der Waals surface area contributed by atoms with Crippen molar-refractivity contribution in [2.45, 2.75) is 31.8 Å². The zero-order valence-corrected chi connectivity index (χ0v) is 10.6. The molecule has 1 heterocycles. The summed E-state index contributed by atoms with van der Waals surface area (Å²) in [5, 5.41) is 3.37. The fourth-order valence-corrected chi connectivity index (χ4v) is 1.77. The summed E-state index contributed by atoms with van der Waals surface area (Å²) < 4.78 is 16.4. The van der Waals surface area contributed by atoms with Crippen molar-refractivity contribution >= 4 is 0 Å². The van der Waals surface area contributed by atoms with Gasteiger partial charge >= 0.3 is 0 Å². The Morgan fingerprint density at radius 1 is 1.38 bits per heavy atom. The van der Waals surface area contributed by atoms with Crippen LogP contribution in [0.1, 0.15) is 26.2 Å². The quantitative estimate of drug-likeness (QED) is 0.605. The molecule has 1 saturated heterocycles. The van der Waals surface area contributed by atoms with Crippen LogP contribution in [0.3, 0.4) is 0 Å². The highest BCUT2D eigenvalue weighted by atomic mass is 16.5. The number of methoxy groups -OCH3 is 1. The summed E-state index contributed by atoms with van der Waals surface area (Å²) in [5.74, 6) is 0. The summed E-state index contributed by atoms with van der Waals surface area (Å²) >= 11 is 0. The van der Waals surface area contributed by atoms with Gasteiger partial charge in [-0.05, 0) is 6.42 Å². The second-order valence-electron chi connectivity index (χ2n) is 4.33. The minimum Gasteiger partial charge on any atom is -0.380 e. The van der Waals surface area contributed by atoms with Gasteiger partial charge in [-0.25, -0.2) is 0 Å². The van der Waals surface area contributed by atoms with Gasteiger partial charge in [0, 0.05) is 39.8 Å². The molecule has 1 unspecified atom stereocenters. The van der Waals surface area contributed by atoms with Gasteiger partial charge in [0.15, 0.2) is 0 Å². The molecule has 16 heavy (non-hydrogen) atoms. The normalized spacial score (nSPS) is 25.1. The Morgan fingerprint density at radius 3 is 2.88 bits per heavy atom. The van der Waals surface area contributed by atoms with E-state index in [1.807, 2.05) is 0 Å². The van der Waals surface area contributed by atoms with E-state index in [0.29, 0.717) is 6.61 Å². The topological polar surface area (TPSA) is 39.7 Å². The van der Waals surface area contributed by atoms with Crippen LogP contribution in [0.2, 0.25) is 0 Å². The molecule has 0 bridgehead atoms. The third kappa shape index (κ3) is 4.78. The standard InChI is InChI=1S/C12H25NO3/c1-3-4-7-15-9-6-13-10-12(14-2)5-8-16-11-12/h13H,3-11H2,1-2H3. The first kappa shape index (κ1) is 13.9. The Balaban J connectivity index is 1.97. The minimum atomic E-state index is -0.108. The van der Waals surface area contributed by atoms with Crippen molar-refractivity contribution in [3.63, 3.8) is 0 Å². The Bertz CT molecular complexity index is 170. The lowest BCUT2D eigenvalue weighted by Crippen LogP contribution is -2.43. The molecular weight excluding hydrogens is 206 g/mol. The van der Waals surface area contributed by atoms with Crippen LogP contribution in [0, 0.1) is 0 Å². The SMILES string of the molecule is CCCCOCCNCC1(OC)CCOC1. The average Bonchev–Trinajstić information content (AvgIpc) is 2.77. The smallest absolute Gasteiger partial charge is 0.106 e. The molecule has 0 aromatic heterocycles. The molecular formula is C12H25NO3. The van der Waals surface area contributed by atoms with Gasteiger partial charge in [0.2, 0.25) is 0 Å². The van der Waals surface area contributed by atoms with E-state index in [1.165, 1.54) is 6.42 Å². The van der Waals surface area contributed by atoms with Crippen LogP contribution >= 0.6 is 0 Å². The van der Waals surface area contributed by atoms with E-state index in [1.54, 1.807) is 7.11 Å². The lowest BCUT2D eigenvalue weighted by atomic mass is 10.0. The monoisotopic (exact) mass is 231 g/mol. The summed E-state index contributed by atoms with van der Waals surface area (Å²) in [7, 11) is 1.76. The van der Waals surface area contributed by atoms with Gasteiger partial charge in [-0.15, -0.1) is 0 Å². The second-order valence-corrected chi connectivity index (χ2v) is 4.33. The van der Waals surface area contributed by atoms with Gasteiger partial charge in [0.25, 0.3) is 0 Å². The predicted octanol–water partition coefficient (Wildman–Crippen LogP) is 1.20. The highest BCUT2D eigenvalue weighted by Crippen LogP contribution is 2.21. The molecule has 0 spiro atoms. The Morgan fingerprint density at radius 2 is 2.25 bits per heavy atom. The molecule has 96 valence electrons. The fraction of sp³-hybridized carbons (Fsp3) is 1.00. The number of rotatable bonds is 9. The summed E-state index contributed by atoms with van der Waals surface area (Å²) in [6.45, 7) is 7.06. The molecule has 0 radical (unpaired) electrons. The third-order valence-corrected chi connectivity index (χ3v) is 3.01. The predicted molar refractivity (Wildman–Crippen MR) is 63.8 cm³/mol. The zero-order valence-electron chi connectivity index (χ0n) is 10.6. The van der Waals surface area contributed by atoms with Crippen LogP contribution in [-0.2, 0) is 14.2 Å². The van der Waals surface area contributed by atoms with Gasteiger partial charge in [-0.2, -0.15) is 0 Å². The molecule has 0 aromatic rings. The first-order valence-electron chi connectivity index (χ1n) is 6.24. The molecule has 0 aromatic carbocycles. The van der Waals surface area contributed by atoms with Crippen molar-refractivity contribution in [3.05, 3.63) is 0 Å². The maximum Gasteiger partial charge on any atom is 0.106 e. The van der Waals surface area contributed by atoms with Gasteiger partial charge in [-0.1, -0.05) is 13.3 Å². The Hall–Kier alpha value is -0.160. The molecule has 1 aliphatic rings. The molecule has 0 aliphatic carbocycles. The Kier molecular flexibility index (Phi) is 6.96. The van der Waals surface area contributed by atoms with Crippen molar-refractivity contribution < 1.29 is 14.2 Å². The van der Waals surface area contributed by atoms with E-state index in [0.717, 1.165) is 45.8 Å². The van der Waals surface area contributed by atoms with Gasteiger partial charge in [0.1, 0.15) is 5.60 Å². The van der Waals surface area contributed by atoms with E-state index in [-0.39, 0.29) is 5.60 Å². The van der Waals surface area contributed by atoms with Crippen LogP contribution in [0.25, 0.3) is 0 Å². The number of nitrogens with one attached hydrogen (secondary N) is 1. The van der Waals surface area contributed by atoms with Crippen LogP contribution in [-0.4, -0.2) is 52.2 Å². The number of hydrogen-bond acceptors (Lipinski definition) is 4. The van der Waals surface area contributed by atoms with Gasteiger partial charge in [0.05, 0.1) is 13.2 Å². The number of ether oxygens (including phenoxy) is 3. The van der Waals surface area contributed by atoms with Crippen molar-refractivity contribution in [2.24, 2.45) is 0 Å². The lowest BCUT2D eigenvalue weighted by molar-refractivity contribution is -0.0167. The number of unbranched alkanes of at least 4 members (excludes halogenated alkanes) is 1. The molecule has 1 atom stereocenters. The van der Waals surface area contributed by atoms with Crippen molar-refractivity contribution in [1.29, 1.82) is 0 Å². The lowest BCUT2D eigenvalue weighted by Gasteiger charge is -2.25. The van der Waals surface area contributed by atoms with Crippen molar-refractivity contribution in [1.82, 2.24) is 5.32 Å². The number of hydrogen-bond donors (Lipinski definition) is 1. The second kappa shape index (κ2) is 8.01. The van der Waals surface area contributed by atoms with E-state index in [9.17, 15) is 0 Å². The molecule has 1 fully saturated rings. The summed E-state index contributed by atoms with van der Waals surface area (Å²) in [5.41, 5.74) is -0.108. The molecule has 1 N–H and O–H groups in total. The Labute approximate surface area is 98.6 Å². The van der Waals surface area contributed by atoms with E-state index < -0.39 is 0 Å².